The molecular formula is C12H27N3O2. The molecule has 0 saturated carbocycles. The van der Waals surface area contributed by atoms with E-state index in [1.807, 2.05) is 6.92 Å². The van der Waals surface area contributed by atoms with E-state index in [0.717, 1.165) is 32.6 Å². The lowest BCUT2D eigenvalue weighted by molar-refractivity contribution is -0.143. The Hall–Kier alpha value is -0.650. The van der Waals surface area contributed by atoms with Gasteiger partial charge in [0, 0.05) is 13.1 Å². The van der Waals surface area contributed by atoms with Gasteiger partial charge in [0.25, 0.3) is 0 Å². The number of nitrogens with zero attached hydrogens (tertiary/aromatic N) is 2. The molecule has 102 valence electrons. The van der Waals surface area contributed by atoms with Gasteiger partial charge in [-0.1, -0.05) is 6.92 Å². The minimum atomic E-state index is -0.188. The Morgan fingerprint density at radius 3 is 2.35 bits per heavy atom. The van der Waals surface area contributed by atoms with Gasteiger partial charge in [0.15, 0.2) is 0 Å². The Morgan fingerprint density at radius 2 is 1.88 bits per heavy atom. The zero-order valence-corrected chi connectivity index (χ0v) is 11.8. The minimum Gasteiger partial charge on any atom is -0.468 e. The standard InChI is InChI=1S/C12H27N3O2/c1-6-13-11(12(16)17-5)7-8-15(4)10-9-14(2)3/h11,13H,6-10H2,1-5H3. The molecule has 0 heterocycles. The molecule has 0 aromatic rings. The van der Waals surface area contributed by atoms with Gasteiger partial charge in [0.05, 0.1) is 7.11 Å². The van der Waals surface area contributed by atoms with E-state index in [1.54, 1.807) is 0 Å². The van der Waals surface area contributed by atoms with Crippen LogP contribution in [0.15, 0.2) is 0 Å². The van der Waals surface area contributed by atoms with Gasteiger partial charge in [-0.15, -0.1) is 0 Å². The van der Waals surface area contributed by atoms with Crippen molar-refractivity contribution in [1.82, 2.24) is 15.1 Å². The molecule has 0 aliphatic heterocycles. The van der Waals surface area contributed by atoms with E-state index in [1.165, 1.54) is 7.11 Å². The number of carbonyl (C=O) groups is 1. The third kappa shape index (κ3) is 8.12. The number of hydrogen-bond acceptors (Lipinski definition) is 5. The third-order valence-corrected chi connectivity index (χ3v) is 2.66. The summed E-state index contributed by atoms with van der Waals surface area (Å²) in [5.74, 6) is -0.173. The highest BCUT2D eigenvalue weighted by Crippen LogP contribution is 1.97. The SMILES string of the molecule is CCNC(CCN(C)CCN(C)C)C(=O)OC. The number of carbonyl (C=O) groups excluding carboxylic acids is 1. The van der Waals surface area contributed by atoms with Gasteiger partial charge in [0.2, 0.25) is 0 Å². The first-order valence-corrected chi connectivity index (χ1v) is 6.15. The first-order chi connectivity index (χ1) is 8.01. The summed E-state index contributed by atoms with van der Waals surface area (Å²) < 4.78 is 4.77. The maximum absolute atomic E-state index is 11.5. The van der Waals surface area contributed by atoms with Crippen LogP contribution in [0, 0.1) is 0 Å². The molecule has 0 rings (SSSR count). The van der Waals surface area contributed by atoms with E-state index in [9.17, 15) is 4.79 Å². The third-order valence-electron chi connectivity index (χ3n) is 2.66. The maximum Gasteiger partial charge on any atom is 0.322 e. The molecule has 0 aliphatic carbocycles. The maximum atomic E-state index is 11.5. The molecule has 0 amide bonds. The monoisotopic (exact) mass is 245 g/mol. The topological polar surface area (TPSA) is 44.8 Å². The smallest absolute Gasteiger partial charge is 0.322 e. The molecule has 17 heavy (non-hydrogen) atoms. The van der Waals surface area contributed by atoms with E-state index < -0.39 is 0 Å². The highest BCUT2D eigenvalue weighted by atomic mass is 16.5. The summed E-state index contributed by atoms with van der Waals surface area (Å²) >= 11 is 0. The molecule has 1 N–H and O–H groups in total. The molecule has 0 fully saturated rings. The molecule has 1 unspecified atom stereocenters. The second kappa shape index (κ2) is 9.39. The summed E-state index contributed by atoms with van der Waals surface area (Å²) in [5.41, 5.74) is 0. The van der Waals surface area contributed by atoms with Crippen LogP contribution in [0.4, 0.5) is 0 Å². The summed E-state index contributed by atoms with van der Waals surface area (Å²) in [6.45, 7) is 5.70. The van der Waals surface area contributed by atoms with Gasteiger partial charge >= 0.3 is 5.97 Å². The summed E-state index contributed by atoms with van der Waals surface area (Å²) in [5, 5.41) is 3.14. The fourth-order valence-corrected chi connectivity index (χ4v) is 1.52. The number of likely N-dealkylation sites (N-methyl/N-ethyl adjacent to an activating group) is 3. The van der Waals surface area contributed by atoms with Crippen LogP contribution in [0.1, 0.15) is 13.3 Å². The van der Waals surface area contributed by atoms with Crippen LogP contribution in [0.3, 0.4) is 0 Å². The summed E-state index contributed by atoms with van der Waals surface area (Å²) in [4.78, 5) is 15.8. The van der Waals surface area contributed by atoms with Gasteiger partial charge in [0.1, 0.15) is 6.04 Å². The number of hydrogen-bond donors (Lipinski definition) is 1. The Kier molecular flexibility index (Phi) is 9.03. The van der Waals surface area contributed by atoms with Crippen LogP contribution in [0.25, 0.3) is 0 Å². The molecular weight excluding hydrogens is 218 g/mol. The highest BCUT2D eigenvalue weighted by Gasteiger charge is 2.17. The van der Waals surface area contributed by atoms with E-state index in [2.05, 4.69) is 36.3 Å². The molecule has 0 radical (unpaired) electrons. The zero-order valence-electron chi connectivity index (χ0n) is 11.8. The average Bonchev–Trinajstić information content (AvgIpc) is 2.30. The number of rotatable bonds is 9. The lowest BCUT2D eigenvalue weighted by Crippen LogP contribution is -2.40. The lowest BCUT2D eigenvalue weighted by Gasteiger charge is -2.22. The summed E-state index contributed by atoms with van der Waals surface area (Å²) in [6.07, 6.45) is 0.782. The first kappa shape index (κ1) is 16.4. The Labute approximate surface area is 105 Å². The van der Waals surface area contributed by atoms with Crippen molar-refractivity contribution in [1.29, 1.82) is 0 Å². The van der Waals surface area contributed by atoms with Crippen LogP contribution in [0.2, 0.25) is 0 Å². The molecule has 1 atom stereocenters. The number of esters is 1. The summed E-state index contributed by atoms with van der Waals surface area (Å²) in [6, 6.07) is -0.188. The molecule has 5 nitrogen and oxygen atoms in total. The molecule has 0 saturated heterocycles. The van der Waals surface area contributed by atoms with E-state index in [0.29, 0.717) is 0 Å². The predicted octanol–water partition coefficient (Wildman–Crippen LogP) is 0.0210. The minimum absolute atomic E-state index is 0.173. The molecule has 0 spiro atoms. The van der Waals surface area contributed by atoms with Crippen molar-refractivity contribution in [2.45, 2.75) is 19.4 Å². The number of methoxy groups -OCH3 is 1. The van der Waals surface area contributed by atoms with Crippen molar-refractivity contribution in [3.05, 3.63) is 0 Å². The predicted molar refractivity (Wildman–Crippen MR) is 70.1 cm³/mol. The average molecular weight is 245 g/mol. The van der Waals surface area contributed by atoms with E-state index >= 15 is 0 Å². The second-order valence-electron chi connectivity index (χ2n) is 4.53. The van der Waals surface area contributed by atoms with Crippen molar-refractivity contribution in [2.24, 2.45) is 0 Å². The van der Waals surface area contributed by atoms with Gasteiger partial charge in [-0.25, -0.2) is 0 Å². The van der Waals surface area contributed by atoms with E-state index in [-0.39, 0.29) is 12.0 Å². The van der Waals surface area contributed by atoms with E-state index in [4.69, 9.17) is 4.74 Å². The fourth-order valence-electron chi connectivity index (χ4n) is 1.52. The Balaban J connectivity index is 3.90. The summed E-state index contributed by atoms with van der Waals surface area (Å²) in [7, 11) is 7.62. The largest absolute Gasteiger partial charge is 0.468 e. The highest BCUT2D eigenvalue weighted by molar-refractivity contribution is 5.75. The molecule has 0 aromatic heterocycles. The van der Waals surface area contributed by atoms with Crippen molar-refractivity contribution in [2.75, 3.05) is 54.4 Å². The van der Waals surface area contributed by atoms with Gasteiger partial charge in [-0.2, -0.15) is 0 Å². The van der Waals surface area contributed by atoms with Crippen LogP contribution in [0.5, 0.6) is 0 Å². The molecule has 0 bridgehead atoms. The van der Waals surface area contributed by atoms with Crippen LogP contribution >= 0.6 is 0 Å². The number of nitrogens with one attached hydrogen (secondary N) is 1. The van der Waals surface area contributed by atoms with Crippen molar-refractivity contribution in [3.8, 4) is 0 Å². The lowest BCUT2D eigenvalue weighted by atomic mass is 10.2. The van der Waals surface area contributed by atoms with Crippen LogP contribution in [-0.2, 0) is 9.53 Å². The van der Waals surface area contributed by atoms with Crippen LogP contribution < -0.4 is 5.32 Å². The van der Waals surface area contributed by atoms with Crippen molar-refractivity contribution in [3.63, 3.8) is 0 Å². The molecule has 0 aromatic carbocycles. The van der Waals surface area contributed by atoms with Crippen LogP contribution in [-0.4, -0.2) is 76.2 Å². The van der Waals surface area contributed by atoms with Gasteiger partial charge in [-0.05, 0) is 40.7 Å². The quantitative estimate of drug-likeness (QED) is 0.580. The van der Waals surface area contributed by atoms with Gasteiger partial charge < -0.3 is 19.9 Å². The molecule has 5 heteroatoms. The fraction of sp³-hybridized carbons (Fsp3) is 0.917. The first-order valence-electron chi connectivity index (χ1n) is 6.15. The normalized spacial score (nSPS) is 13.1. The number of ether oxygens (including phenoxy) is 1. The van der Waals surface area contributed by atoms with Crippen molar-refractivity contribution < 1.29 is 9.53 Å². The molecule has 0 aliphatic rings. The van der Waals surface area contributed by atoms with Gasteiger partial charge in [-0.3, -0.25) is 4.79 Å². The van der Waals surface area contributed by atoms with Crippen molar-refractivity contribution >= 4 is 5.97 Å². The second-order valence-corrected chi connectivity index (χ2v) is 4.53. The Bertz CT molecular complexity index is 210. The zero-order chi connectivity index (χ0) is 13.3. The Morgan fingerprint density at radius 1 is 1.24 bits per heavy atom.